The van der Waals surface area contributed by atoms with Crippen LogP contribution in [0.5, 0.6) is 11.6 Å². The number of aromatic hydroxyl groups is 1. The molecule has 0 aliphatic carbocycles. The number of hydrogen-bond donors (Lipinski definition) is 1. The molecule has 0 saturated heterocycles. The molecule has 1 N–H and O–H groups in total. The summed E-state index contributed by atoms with van der Waals surface area (Å²) in [7, 11) is 1.78. The smallest absolute Gasteiger partial charge is 0.418 e. The molecule has 41 heavy (non-hydrogen) atoms. The molecular weight excluding hydrogens is 535 g/mol. The maximum absolute atomic E-state index is 14.2. The zero-order valence-electron chi connectivity index (χ0n) is 23.0. The van der Waals surface area contributed by atoms with Gasteiger partial charge in [-0.2, -0.15) is 18.4 Å². The van der Waals surface area contributed by atoms with E-state index >= 15 is 0 Å². The highest BCUT2D eigenvalue weighted by Gasteiger charge is 2.41. The standard InChI is InChI=1S/C31H30F3N3O4/c1-30(2)24-12-7-8-13-25(24)36(3)26(30)15-14-22-27(31(32,33)34)23(20-35)29(39)37(28(22)38)16-9-17-40-18-19-41-21-10-5-4-6-11-21/h4-8,10-14,38H,9,16-19H2,1-3H3. The number of hydrogen-bond acceptors (Lipinski definition) is 6. The second-order valence-electron chi connectivity index (χ2n) is 10.0. The van der Waals surface area contributed by atoms with Crippen molar-refractivity contribution in [2.75, 3.05) is 31.8 Å². The van der Waals surface area contributed by atoms with E-state index in [1.807, 2.05) is 61.2 Å². The Morgan fingerprint density at radius 3 is 2.39 bits per heavy atom. The minimum atomic E-state index is -5.07. The van der Waals surface area contributed by atoms with Gasteiger partial charge in [-0.1, -0.05) is 42.1 Å². The first-order valence-corrected chi connectivity index (χ1v) is 13.0. The van der Waals surface area contributed by atoms with Crippen molar-refractivity contribution in [3.8, 4) is 17.7 Å². The molecule has 0 atom stereocenters. The van der Waals surface area contributed by atoms with Gasteiger partial charge in [-0.15, -0.1) is 0 Å². The Kier molecular flexibility index (Phi) is 8.62. The van der Waals surface area contributed by atoms with Gasteiger partial charge in [0.15, 0.2) is 0 Å². The number of benzene rings is 2. The van der Waals surface area contributed by atoms with E-state index in [1.165, 1.54) is 6.07 Å². The first-order chi connectivity index (χ1) is 19.5. The molecule has 2 heterocycles. The van der Waals surface area contributed by atoms with Gasteiger partial charge in [0.1, 0.15) is 24.0 Å². The molecule has 214 valence electrons. The van der Waals surface area contributed by atoms with E-state index in [4.69, 9.17) is 9.47 Å². The van der Waals surface area contributed by atoms with Crippen molar-refractivity contribution in [1.82, 2.24) is 4.57 Å². The molecule has 3 aromatic rings. The first-order valence-electron chi connectivity index (χ1n) is 13.0. The van der Waals surface area contributed by atoms with Crippen LogP contribution in [-0.2, 0) is 22.9 Å². The number of aromatic nitrogens is 1. The molecule has 10 heteroatoms. The summed E-state index contributed by atoms with van der Waals surface area (Å²) in [6.07, 6.45) is -3.86. The highest BCUT2D eigenvalue weighted by molar-refractivity contribution is 5.72. The molecule has 1 aliphatic heterocycles. The van der Waals surface area contributed by atoms with Crippen LogP contribution in [0.3, 0.4) is 0 Å². The molecule has 0 saturated carbocycles. The van der Waals surface area contributed by atoms with Crippen molar-refractivity contribution < 1.29 is 27.8 Å². The van der Waals surface area contributed by atoms with Crippen molar-refractivity contribution in [1.29, 1.82) is 5.26 Å². The summed E-state index contributed by atoms with van der Waals surface area (Å²) < 4.78 is 54.3. The van der Waals surface area contributed by atoms with E-state index in [2.05, 4.69) is 5.73 Å². The number of pyridine rings is 1. The highest BCUT2D eigenvalue weighted by atomic mass is 19.4. The fourth-order valence-corrected chi connectivity index (χ4v) is 5.01. The van der Waals surface area contributed by atoms with E-state index < -0.39 is 39.7 Å². The van der Waals surface area contributed by atoms with Crippen LogP contribution in [-0.4, -0.2) is 36.5 Å². The number of rotatable bonds is 9. The van der Waals surface area contributed by atoms with Crippen molar-refractivity contribution in [3.05, 3.63) is 98.6 Å². The zero-order chi connectivity index (χ0) is 29.8. The minimum absolute atomic E-state index is 0.152. The van der Waals surface area contributed by atoms with E-state index in [9.17, 15) is 28.3 Å². The number of fused-ring (bicyclic) bond motifs is 1. The van der Waals surface area contributed by atoms with E-state index in [-0.39, 0.29) is 32.8 Å². The molecule has 0 fully saturated rings. The van der Waals surface area contributed by atoms with Gasteiger partial charge in [0.25, 0.3) is 5.56 Å². The van der Waals surface area contributed by atoms with Crippen molar-refractivity contribution >= 4 is 11.8 Å². The van der Waals surface area contributed by atoms with Gasteiger partial charge >= 0.3 is 6.18 Å². The molecule has 2 aromatic carbocycles. The number of ether oxygens (including phenoxy) is 2. The minimum Gasteiger partial charge on any atom is -0.494 e. The lowest BCUT2D eigenvalue weighted by Crippen LogP contribution is -2.29. The number of alkyl halides is 3. The average molecular weight is 566 g/mol. The molecule has 0 radical (unpaired) electrons. The number of likely N-dealkylation sites (N-methyl/N-ethyl adjacent to an activating group) is 1. The van der Waals surface area contributed by atoms with Gasteiger partial charge in [0.2, 0.25) is 5.88 Å². The fourth-order valence-electron chi connectivity index (χ4n) is 5.01. The Morgan fingerprint density at radius 1 is 1.05 bits per heavy atom. The Hall–Kier alpha value is -4.45. The molecule has 0 amide bonds. The van der Waals surface area contributed by atoms with Crippen LogP contribution in [0.2, 0.25) is 0 Å². The van der Waals surface area contributed by atoms with Crippen LogP contribution >= 0.6 is 0 Å². The maximum Gasteiger partial charge on any atom is 0.418 e. The Labute approximate surface area is 236 Å². The third-order valence-corrected chi connectivity index (χ3v) is 7.00. The van der Waals surface area contributed by atoms with E-state index in [0.29, 0.717) is 11.4 Å². The summed E-state index contributed by atoms with van der Waals surface area (Å²) in [6.45, 7) is 4.36. The van der Waals surface area contributed by atoms with Crippen molar-refractivity contribution in [3.63, 3.8) is 0 Å². The second-order valence-corrected chi connectivity index (χ2v) is 10.0. The number of allylic oxidation sites excluding steroid dienone is 1. The van der Waals surface area contributed by atoms with Crippen LogP contribution in [0.25, 0.3) is 6.08 Å². The molecule has 0 bridgehead atoms. The number of para-hydroxylation sites is 2. The predicted octanol–water partition coefficient (Wildman–Crippen LogP) is 5.85. The van der Waals surface area contributed by atoms with Gasteiger partial charge in [0.05, 0.1) is 23.4 Å². The molecule has 7 nitrogen and oxygen atoms in total. The SMILES string of the molecule is CN1C(=C=Cc2c(C(F)(F)F)c(C#N)c(=O)n(CCCOCCOc3ccccc3)c2O)C(C)(C)c2ccccc21. The first kappa shape index (κ1) is 29.5. The van der Waals surface area contributed by atoms with Crippen molar-refractivity contribution in [2.45, 2.75) is 38.4 Å². The average Bonchev–Trinajstić information content (AvgIpc) is 3.13. The maximum atomic E-state index is 14.2. The summed E-state index contributed by atoms with van der Waals surface area (Å²) >= 11 is 0. The largest absolute Gasteiger partial charge is 0.494 e. The molecular formula is C31H30F3N3O4. The van der Waals surface area contributed by atoms with Crippen molar-refractivity contribution in [2.24, 2.45) is 0 Å². The zero-order valence-corrected chi connectivity index (χ0v) is 23.0. The monoisotopic (exact) mass is 565 g/mol. The summed E-state index contributed by atoms with van der Waals surface area (Å²) in [4.78, 5) is 14.7. The molecule has 1 aliphatic rings. The van der Waals surface area contributed by atoms with Gasteiger partial charge in [-0.05, 0) is 50.1 Å². The summed E-state index contributed by atoms with van der Waals surface area (Å²) in [5.41, 5.74) is 0.256. The Balaban J connectivity index is 1.62. The van der Waals surface area contributed by atoms with E-state index in [0.717, 1.165) is 21.9 Å². The Bertz CT molecular complexity index is 1580. The second kappa shape index (κ2) is 12.0. The normalized spacial score (nSPS) is 13.9. The van der Waals surface area contributed by atoms with Gasteiger partial charge in [-0.25, -0.2) is 0 Å². The van der Waals surface area contributed by atoms with Gasteiger partial charge in [-0.3, -0.25) is 9.36 Å². The Morgan fingerprint density at radius 2 is 1.73 bits per heavy atom. The number of halogens is 3. The third-order valence-electron chi connectivity index (χ3n) is 7.00. The van der Waals surface area contributed by atoms with Crippen LogP contribution in [0.1, 0.15) is 42.5 Å². The lowest BCUT2D eigenvalue weighted by atomic mass is 9.84. The summed E-state index contributed by atoms with van der Waals surface area (Å²) in [6, 6.07) is 18.1. The number of anilines is 1. The van der Waals surface area contributed by atoms with Crippen LogP contribution in [0, 0.1) is 11.3 Å². The molecule has 4 rings (SSSR count). The quantitative estimate of drug-likeness (QED) is 0.259. The van der Waals surface area contributed by atoms with Gasteiger partial charge < -0.3 is 19.5 Å². The van der Waals surface area contributed by atoms with Crippen LogP contribution in [0.4, 0.5) is 18.9 Å². The summed E-state index contributed by atoms with van der Waals surface area (Å²) in [5.74, 6) is -0.203. The fraction of sp³-hybridized carbons (Fsp3) is 0.323. The molecule has 1 aromatic heterocycles. The third kappa shape index (κ3) is 6.02. The molecule has 0 unspecified atom stereocenters. The van der Waals surface area contributed by atoms with E-state index in [1.54, 1.807) is 19.2 Å². The highest BCUT2D eigenvalue weighted by Crippen LogP contribution is 2.46. The predicted molar refractivity (Wildman–Crippen MR) is 149 cm³/mol. The van der Waals surface area contributed by atoms with Crippen LogP contribution in [0.15, 0.2) is 70.8 Å². The molecule has 0 spiro atoms. The van der Waals surface area contributed by atoms with Gasteiger partial charge in [0, 0.05) is 31.3 Å². The number of nitrogens with zero attached hydrogens (tertiary/aromatic N) is 3. The summed E-state index contributed by atoms with van der Waals surface area (Å²) in [5, 5.41) is 20.5. The lowest BCUT2D eigenvalue weighted by Gasteiger charge is -2.22. The number of nitriles is 1. The lowest BCUT2D eigenvalue weighted by molar-refractivity contribution is -0.138. The topological polar surface area (TPSA) is 87.7 Å². The van der Waals surface area contributed by atoms with Crippen LogP contribution < -0.4 is 15.2 Å².